The number of hydrogen-bond acceptors (Lipinski definition) is 2. The van der Waals surface area contributed by atoms with Crippen molar-refractivity contribution in [2.24, 2.45) is 11.7 Å². The van der Waals surface area contributed by atoms with Crippen LogP contribution in [0.5, 0.6) is 0 Å². The molecule has 3 atom stereocenters. The molecule has 1 unspecified atom stereocenters. The molecule has 1 amide bonds. The summed E-state index contributed by atoms with van der Waals surface area (Å²) < 4.78 is 0. The zero-order valence-corrected chi connectivity index (χ0v) is 10.6. The van der Waals surface area contributed by atoms with E-state index in [-0.39, 0.29) is 6.04 Å². The molecule has 1 saturated heterocycles. The van der Waals surface area contributed by atoms with E-state index >= 15 is 0 Å². The molecule has 3 nitrogen and oxygen atoms in total. The monoisotopic (exact) mass is 274 g/mol. The molecule has 0 spiro atoms. The molecule has 2 N–H and O–H groups in total. The number of halogens is 1. The lowest BCUT2D eigenvalue weighted by Gasteiger charge is -2.36. The van der Waals surface area contributed by atoms with Gasteiger partial charge in [-0.25, -0.2) is 0 Å². The third-order valence-corrected chi connectivity index (χ3v) is 4.55. The summed E-state index contributed by atoms with van der Waals surface area (Å²) in [6.45, 7) is 0.905. The van der Waals surface area contributed by atoms with Crippen LogP contribution in [0.25, 0.3) is 0 Å². The van der Waals surface area contributed by atoms with Gasteiger partial charge in [-0.15, -0.1) is 0 Å². The van der Waals surface area contributed by atoms with Gasteiger partial charge >= 0.3 is 0 Å². The van der Waals surface area contributed by atoms with Crippen molar-refractivity contribution in [3.05, 3.63) is 0 Å². The Bertz CT molecular complexity index is 247. The fourth-order valence-electron chi connectivity index (χ4n) is 2.76. The molecule has 15 heavy (non-hydrogen) atoms. The molecular weight excluding hydrogens is 256 g/mol. The van der Waals surface area contributed by atoms with Gasteiger partial charge in [0.15, 0.2) is 0 Å². The third kappa shape index (κ3) is 2.36. The van der Waals surface area contributed by atoms with Gasteiger partial charge in [-0.1, -0.05) is 28.8 Å². The SMILES string of the molecule is N[C@@H]1CCCC[C@@H]1N1CC(CBr)CC1=O. The van der Waals surface area contributed by atoms with Crippen LogP contribution in [0, 0.1) is 5.92 Å². The lowest BCUT2D eigenvalue weighted by atomic mass is 9.90. The van der Waals surface area contributed by atoms with Gasteiger partial charge in [0.25, 0.3) is 0 Å². The van der Waals surface area contributed by atoms with Gasteiger partial charge in [0.2, 0.25) is 5.91 Å². The topological polar surface area (TPSA) is 46.3 Å². The predicted molar refractivity (Wildman–Crippen MR) is 63.8 cm³/mol. The van der Waals surface area contributed by atoms with E-state index in [0.29, 0.717) is 24.3 Å². The van der Waals surface area contributed by atoms with Crippen molar-refractivity contribution in [3.8, 4) is 0 Å². The molecule has 86 valence electrons. The number of carbonyl (C=O) groups excluding carboxylic acids is 1. The number of nitrogens with zero attached hydrogens (tertiary/aromatic N) is 1. The molecule has 0 aromatic carbocycles. The molecule has 1 saturated carbocycles. The van der Waals surface area contributed by atoms with Gasteiger partial charge in [-0.05, 0) is 18.8 Å². The van der Waals surface area contributed by atoms with Crippen molar-refractivity contribution < 1.29 is 4.79 Å². The van der Waals surface area contributed by atoms with E-state index in [0.717, 1.165) is 24.7 Å². The van der Waals surface area contributed by atoms with Gasteiger partial charge < -0.3 is 10.6 Å². The maximum Gasteiger partial charge on any atom is 0.223 e. The van der Waals surface area contributed by atoms with Crippen LogP contribution < -0.4 is 5.73 Å². The van der Waals surface area contributed by atoms with Gasteiger partial charge in [0.1, 0.15) is 0 Å². The van der Waals surface area contributed by atoms with Crippen molar-refractivity contribution in [2.45, 2.75) is 44.2 Å². The van der Waals surface area contributed by atoms with Gasteiger partial charge in [-0.3, -0.25) is 4.79 Å². The first-order valence-electron chi connectivity index (χ1n) is 5.83. The van der Waals surface area contributed by atoms with Gasteiger partial charge in [0, 0.05) is 30.4 Å². The Hall–Kier alpha value is -0.0900. The van der Waals surface area contributed by atoms with E-state index in [2.05, 4.69) is 15.9 Å². The maximum absolute atomic E-state index is 11.8. The first-order chi connectivity index (χ1) is 7.22. The molecule has 0 aromatic heterocycles. The Labute approximate surface area is 99.5 Å². The molecule has 0 aromatic rings. The molecule has 0 bridgehead atoms. The van der Waals surface area contributed by atoms with Gasteiger partial charge in [-0.2, -0.15) is 0 Å². The minimum atomic E-state index is 0.205. The summed E-state index contributed by atoms with van der Waals surface area (Å²) in [5.74, 6) is 0.799. The van der Waals surface area contributed by atoms with Crippen LogP contribution in [0.15, 0.2) is 0 Å². The van der Waals surface area contributed by atoms with Gasteiger partial charge in [0.05, 0.1) is 0 Å². The predicted octanol–water partition coefficient (Wildman–Crippen LogP) is 1.50. The number of alkyl halides is 1. The van der Waals surface area contributed by atoms with Crippen LogP contribution in [-0.2, 0) is 4.79 Å². The second-order valence-electron chi connectivity index (χ2n) is 4.79. The Balaban J connectivity index is 2.00. The van der Waals surface area contributed by atoms with E-state index in [1.54, 1.807) is 0 Å². The number of hydrogen-bond donors (Lipinski definition) is 1. The summed E-state index contributed by atoms with van der Waals surface area (Å²) in [5.41, 5.74) is 6.10. The number of rotatable bonds is 2. The summed E-state index contributed by atoms with van der Waals surface area (Å²) >= 11 is 3.46. The second-order valence-corrected chi connectivity index (χ2v) is 5.43. The second kappa shape index (κ2) is 4.83. The molecule has 1 heterocycles. The van der Waals surface area contributed by atoms with Crippen molar-refractivity contribution in [1.29, 1.82) is 0 Å². The highest BCUT2D eigenvalue weighted by molar-refractivity contribution is 9.09. The molecule has 2 rings (SSSR count). The highest BCUT2D eigenvalue weighted by atomic mass is 79.9. The Kier molecular flexibility index (Phi) is 3.67. The summed E-state index contributed by atoms with van der Waals surface area (Å²) in [5, 5.41) is 0.928. The van der Waals surface area contributed by atoms with Crippen LogP contribution in [0.3, 0.4) is 0 Å². The average molecular weight is 275 g/mol. The highest BCUT2D eigenvalue weighted by Gasteiger charge is 2.37. The minimum Gasteiger partial charge on any atom is -0.338 e. The van der Waals surface area contributed by atoms with Crippen molar-refractivity contribution in [3.63, 3.8) is 0 Å². The van der Waals surface area contributed by atoms with Crippen LogP contribution in [0.4, 0.5) is 0 Å². The zero-order valence-electron chi connectivity index (χ0n) is 8.99. The fourth-order valence-corrected chi connectivity index (χ4v) is 3.19. The quantitative estimate of drug-likeness (QED) is 0.776. The first-order valence-corrected chi connectivity index (χ1v) is 6.95. The van der Waals surface area contributed by atoms with Crippen LogP contribution in [0.1, 0.15) is 32.1 Å². The Morgan fingerprint density at radius 3 is 2.73 bits per heavy atom. The molecule has 0 radical (unpaired) electrons. The van der Waals surface area contributed by atoms with Crippen LogP contribution in [-0.4, -0.2) is 34.8 Å². The van der Waals surface area contributed by atoms with Crippen LogP contribution in [0.2, 0.25) is 0 Å². The maximum atomic E-state index is 11.8. The summed E-state index contributed by atoms with van der Waals surface area (Å²) in [6.07, 6.45) is 5.33. The fraction of sp³-hybridized carbons (Fsp3) is 0.909. The Morgan fingerprint density at radius 1 is 1.40 bits per heavy atom. The molecule has 4 heteroatoms. The largest absolute Gasteiger partial charge is 0.338 e. The number of nitrogens with two attached hydrogens (primary N) is 1. The van der Waals surface area contributed by atoms with Crippen molar-refractivity contribution in [2.75, 3.05) is 11.9 Å². The summed E-state index contributed by atoms with van der Waals surface area (Å²) in [4.78, 5) is 13.9. The third-order valence-electron chi connectivity index (χ3n) is 3.64. The lowest BCUT2D eigenvalue weighted by Crippen LogP contribution is -2.50. The summed E-state index contributed by atoms with van der Waals surface area (Å²) in [6, 6.07) is 0.520. The molecule has 2 fully saturated rings. The molecule has 1 aliphatic carbocycles. The standard InChI is InChI=1S/C11H19BrN2O/c12-6-8-5-11(15)14(7-8)10-4-2-1-3-9(10)13/h8-10H,1-7,13H2/t8?,9-,10+/m1/s1. The van der Waals surface area contributed by atoms with E-state index < -0.39 is 0 Å². The molecule has 1 aliphatic heterocycles. The highest BCUT2D eigenvalue weighted by Crippen LogP contribution is 2.28. The van der Waals surface area contributed by atoms with E-state index in [1.807, 2.05) is 4.90 Å². The first kappa shape index (κ1) is 11.4. The zero-order chi connectivity index (χ0) is 10.8. The lowest BCUT2D eigenvalue weighted by molar-refractivity contribution is -0.130. The summed E-state index contributed by atoms with van der Waals surface area (Å²) in [7, 11) is 0. The number of likely N-dealkylation sites (tertiary alicyclic amines) is 1. The normalized spacial score (nSPS) is 37.3. The van der Waals surface area contributed by atoms with E-state index in [4.69, 9.17) is 5.73 Å². The minimum absolute atomic E-state index is 0.205. The van der Waals surface area contributed by atoms with E-state index in [1.165, 1.54) is 12.8 Å². The van der Waals surface area contributed by atoms with Crippen LogP contribution >= 0.6 is 15.9 Å². The Morgan fingerprint density at radius 2 is 2.13 bits per heavy atom. The van der Waals surface area contributed by atoms with Crippen molar-refractivity contribution >= 4 is 21.8 Å². The average Bonchev–Trinajstić information content (AvgIpc) is 2.60. The van der Waals surface area contributed by atoms with Crippen molar-refractivity contribution in [1.82, 2.24) is 4.90 Å². The molecular formula is C11H19BrN2O. The smallest absolute Gasteiger partial charge is 0.223 e. The number of amides is 1. The van der Waals surface area contributed by atoms with E-state index in [9.17, 15) is 4.79 Å². The molecule has 2 aliphatic rings. The number of carbonyl (C=O) groups is 1.